The second-order valence-corrected chi connectivity index (χ2v) is 7.44. The SMILES string of the molecule is CN=C(NCc1cccc(C#N)c1)N1CCN(C(C)C(=O)N2CCCC2)CC1.I. The van der Waals surface area contributed by atoms with Crippen LogP contribution in [0.3, 0.4) is 0 Å². The summed E-state index contributed by atoms with van der Waals surface area (Å²) in [5.74, 6) is 1.13. The average Bonchev–Trinajstić information content (AvgIpc) is 3.28. The van der Waals surface area contributed by atoms with Crippen LogP contribution in [0.15, 0.2) is 29.3 Å². The van der Waals surface area contributed by atoms with Gasteiger partial charge in [-0.25, -0.2) is 0 Å². The Morgan fingerprint density at radius 3 is 2.48 bits per heavy atom. The summed E-state index contributed by atoms with van der Waals surface area (Å²) >= 11 is 0. The standard InChI is InChI=1S/C21H30N6O.HI/c1-17(20(28)26-8-3-4-9-26)25-10-12-27(13-11-25)21(23-2)24-16-19-7-5-6-18(14-19)15-22;/h5-7,14,17H,3-4,8-13,16H2,1-2H3,(H,23,24);1H. The van der Waals surface area contributed by atoms with Crippen molar-refractivity contribution in [2.75, 3.05) is 46.3 Å². The Kier molecular flexibility index (Phi) is 9.17. The second kappa shape index (κ2) is 11.4. The normalized spacial score (nSPS) is 18.7. The van der Waals surface area contributed by atoms with Crippen LogP contribution in [0.1, 0.15) is 30.9 Å². The fourth-order valence-corrected chi connectivity index (χ4v) is 3.94. The molecule has 1 unspecified atom stereocenters. The van der Waals surface area contributed by atoms with Gasteiger partial charge in [0.05, 0.1) is 17.7 Å². The summed E-state index contributed by atoms with van der Waals surface area (Å²) < 4.78 is 0. The Morgan fingerprint density at radius 2 is 1.86 bits per heavy atom. The lowest BCUT2D eigenvalue weighted by Gasteiger charge is -2.39. The van der Waals surface area contributed by atoms with Crippen LogP contribution in [0.25, 0.3) is 0 Å². The topological polar surface area (TPSA) is 75.0 Å². The van der Waals surface area contributed by atoms with Crippen molar-refractivity contribution >= 4 is 35.8 Å². The molecule has 0 aromatic heterocycles. The van der Waals surface area contributed by atoms with E-state index >= 15 is 0 Å². The van der Waals surface area contributed by atoms with E-state index in [-0.39, 0.29) is 35.9 Å². The van der Waals surface area contributed by atoms with Crippen molar-refractivity contribution in [3.63, 3.8) is 0 Å². The molecule has 0 radical (unpaired) electrons. The number of hydrogen-bond donors (Lipinski definition) is 1. The lowest BCUT2D eigenvalue weighted by Crippen LogP contribution is -2.57. The minimum Gasteiger partial charge on any atom is -0.352 e. The van der Waals surface area contributed by atoms with Gasteiger partial charge in [-0.05, 0) is 37.5 Å². The van der Waals surface area contributed by atoms with Crippen molar-refractivity contribution in [2.24, 2.45) is 4.99 Å². The maximum absolute atomic E-state index is 12.6. The number of carbonyl (C=O) groups excluding carboxylic acids is 1. The van der Waals surface area contributed by atoms with E-state index in [1.54, 1.807) is 7.05 Å². The molecule has 3 rings (SSSR count). The molecule has 1 aromatic carbocycles. The Balaban J connectivity index is 0.00000300. The van der Waals surface area contributed by atoms with Gasteiger partial charge in [0, 0.05) is 52.9 Å². The number of guanidine groups is 1. The van der Waals surface area contributed by atoms with Crippen molar-refractivity contribution in [1.82, 2.24) is 20.0 Å². The largest absolute Gasteiger partial charge is 0.352 e. The molecule has 1 atom stereocenters. The fourth-order valence-electron chi connectivity index (χ4n) is 3.94. The van der Waals surface area contributed by atoms with Crippen LogP contribution in [0.5, 0.6) is 0 Å². The van der Waals surface area contributed by atoms with Crippen LogP contribution in [0, 0.1) is 11.3 Å². The molecule has 29 heavy (non-hydrogen) atoms. The first-order chi connectivity index (χ1) is 13.6. The van der Waals surface area contributed by atoms with Gasteiger partial charge in [0.25, 0.3) is 0 Å². The number of aliphatic imine (C=N–C) groups is 1. The van der Waals surface area contributed by atoms with Crippen LogP contribution in [0.4, 0.5) is 0 Å². The molecule has 2 aliphatic rings. The molecule has 1 N–H and O–H groups in total. The van der Waals surface area contributed by atoms with Crippen molar-refractivity contribution in [1.29, 1.82) is 5.26 Å². The number of amides is 1. The summed E-state index contributed by atoms with van der Waals surface area (Å²) in [5, 5.41) is 12.4. The second-order valence-electron chi connectivity index (χ2n) is 7.44. The molecule has 1 amide bonds. The molecule has 0 aliphatic carbocycles. The van der Waals surface area contributed by atoms with Crippen molar-refractivity contribution in [3.8, 4) is 6.07 Å². The molecule has 2 heterocycles. The molecule has 2 fully saturated rings. The van der Waals surface area contributed by atoms with Gasteiger partial charge < -0.3 is 15.1 Å². The van der Waals surface area contributed by atoms with Gasteiger partial charge in [-0.15, -0.1) is 24.0 Å². The highest BCUT2D eigenvalue weighted by Gasteiger charge is 2.30. The molecule has 2 saturated heterocycles. The van der Waals surface area contributed by atoms with E-state index in [2.05, 4.69) is 26.2 Å². The van der Waals surface area contributed by atoms with Crippen LogP contribution in [-0.2, 0) is 11.3 Å². The van der Waals surface area contributed by atoms with E-state index in [4.69, 9.17) is 5.26 Å². The van der Waals surface area contributed by atoms with Crippen LogP contribution in [-0.4, -0.2) is 78.9 Å². The average molecular weight is 510 g/mol. The van der Waals surface area contributed by atoms with Crippen LogP contribution >= 0.6 is 24.0 Å². The van der Waals surface area contributed by atoms with E-state index < -0.39 is 0 Å². The minimum atomic E-state index is -0.0519. The zero-order valence-corrected chi connectivity index (χ0v) is 19.6. The molecule has 1 aromatic rings. The Bertz CT molecular complexity index is 748. The van der Waals surface area contributed by atoms with E-state index in [0.717, 1.165) is 63.6 Å². The van der Waals surface area contributed by atoms with Gasteiger partial charge in [0.15, 0.2) is 5.96 Å². The zero-order chi connectivity index (χ0) is 19.9. The van der Waals surface area contributed by atoms with Crippen LogP contribution in [0.2, 0.25) is 0 Å². The third-order valence-electron chi connectivity index (χ3n) is 5.66. The molecule has 158 valence electrons. The van der Waals surface area contributed by atoms with Gasteiger partial charge in [0.1, 0.15) is 0 Å². The maximum atomic E-state index is 12.6. The van der Waals surface area contributed by atoms with Crippen molar-refractivity contribution < 1.29 is 4.79 Å². The summed E-state index contributed by atoms with van der Waals surface area (Å²) in [4.78, 5) is 23.6. The van der Waals surface area contributed by atoms with Crippen molar-refractivity contribution in [3.05, 3.63) is 35.4 Å². The number of benzene rings is 1. The van der Waals surface area contributed by atoms with Crippen LogP contribution < -0.4 is 5.32 Å². The molecule has 0 saturated carbocycles. The number of carbonyl (C=O) groups is 1. The highest BCUT2D eigenvalue weighted by molar-refractivity contribution is 14.0. The summed E-state index contributed by atoms with van der Waals surface area (Å²) in [6.45, 7) is 7.87. The van der Waals surface area contributed by atoms with Crippen molar-refractivity contribution in [2.45, 2.75) is 32.4 Å². The quantitative estimate of drug-likeness (QED) is 0.381. The summed E-state index contributed by atoms with van der Waals surface area (Å²) in [7, 11) is 1.79. The lowest BCUT2D eigenvalue weighted by molar-refractivity contribution is -0.135. The number of likely N-dealkylation sites (tertiary alicyclic amines) is 1. The van der Waals surface area contributed by atoms with Gasteiger partial charge in [-0.3, -0.25) is 14.7 Å². The molecule has 7 nitrogen and oxygen atoms in total. The number of piperazine rings is 1. The van der Waals surface area contributed by atoms with Gasteiger partial charge in [-0.1, -0.05) is 12.1 Å². The van der Waals surface area contributed by atoms with E-state index in [1.807, 2.05) is 36.1 Å². The Labute approximate surface area is 190 Å². The molecule has 0 bridgehead atoms. The number of nitrogens with one attached hydrogen (secondary N) is 1. The molecule has 0 spiro atoms. The maximum Gasteiger partial charge on any atom is 0.239 e. The van der Waals surface area contributed by atoms with Gasteiger partial charge in [-0.2, -0.15) is 5.26 Å². The highest BCUT2D eigenvalue weighted by Crippen LogP contribution is 2.14. The molecular weight excluding hydrogens is 479 g/mol. The summed E-state index contributed by atoms with van der Waals surface area (Å²) in [5.41, 5.74) is 1.73. The number of nitrogens with zero attached hydrogens (tertiary/aromatic N) is 5. The number of hydrogen-bond acceptors (Lipinski definition) is 4. The summed E-state index contributed by atoms with van der Waals surface area (Å²) in [6.07, 6.45) is 2.26. The summed E-state index contributed by atoms with van der Waals surface area (Å²) in [6, 6.07) is 9.72. The predicted octanol–water partition coefficient (Wildman–Crippen LogP) is 1.88. The van der Waals surface area contributed by atoms with E-state index in [1.165, 1.54) is 0 Å². The van der Waals surface area contributed by atoms with Gasteiger partial charge >= 0.3 is 0 Å². The monoisotopic (exact) mass is 510 g/mol. The number of rotatable bonds is 4. The first kappa shape index (κ1) is 23.4. The highest BCUT2D eigenvalue weighted by atomic mass is 127. The number of nitriles is 1. The van der Waals surface area contributed by atoms with E-state index in [9.17, 15) is 4.79 Å². The number of halogens is 1. The minimum absolute atomic E-state index is 0. The third-order valence-corrected chi connectivity index (χ3v) is 5.66. The Morgan fingerprint density at radius 1 is 1.17 bits per heavy atom. The predicted molar refractivity (Wildman–Crippen MR) is 125 cm³/mol. The molecular formula is C21H31IN6O. The Hall–Kier alpha value is -1.86. The first-order valence-electron chi connectivity index (χ1n) is 10.1. The first-order valence-corrected chi connectivity index (χ1v) is 10.1. The lowest BCUT2D eigenvalue weighted by atomic mass is 10.1. The molecule has 2 aliphatic heterocycles. The zero-order valence-electron chi connectivity index (χ0n) is 17.3. The third kappa shape index (κ3) is 6.06. The molecule has 8 heteroatoms. The fraction of sp³-hybridized carbons (Fsp3) is 0.571. The van der Waals surface area contributed by atoms with Gasteiger partial charge in [0.2, 0.25) is 5.91 Å². The smallest absolute Gasteiger partial charge is 0.239 e. The van der Waals surface area contributed by atoms with E-state index in [0.29, 0.717) is 12.1 Å².